The molecule has 0 aromatic heterocycles. The van der Waals surface area contributed by atoms with Crippen molar-refractivity contribution in [2.24, 2.45) is 5.92 Å². The van der Waals surface area contributed by atoms with Gasteiger partial charge in [-0.3, -0.25) is 4.79 Å². The first-order chi connectivity index (χ1) is 12.0. The van der Waals surface area contributed by atoms with Gasteiger partial charge >= 0.3 is 5.97 Å². The Labute approximate surface area is 148 Å². The van der Waals surface area contributed by atoms with E-state index in [1.54, 1.807) is 55.5 Å². The molecule has 0 saturated heterocycles. The molecule has 0 bridgehead atoms. The number of carbonyl (C=O) groups excluding carboxylic acids is 2. The Morgan fingerprint density at radius 2 is 1.72 bits per heavy atom. The third-order valence-corrected chi connectivity index (χ3v) is 3.36. The Balaban J connectivity index is 2.06. The molecule has 0 fully saturated rings. The Bertz CT molecular complexity index is 723. The van der Waals surface area contributed by atoms with Crippen LogP contribution in [0.5, 0.6) is 11.5 Å². The predicted octanol–water partition coefficient (Wildman–Crippen LogP) is 4.29. The summed E-state index contributed by atoms with van der Waals surface area (Å²) in [5, 5.41) is 2.72. The largest absolute Gasteiger partial charge is 0.493 e. The highest BCUT2D eigenvalue weighted by molar-refractivity contribution is 5.95. The van der Waals surface area contributed by atoms with E-state index in [0.29, 0.717) is 41.7 Å². The number of esters is 1. The average Bonchev–Trinajstić information content (AvgIpc) is 2.61. The predicted molar refractivity (Wildman–Crippen MR) is 97.1 cm³/mol. The van der Waals surface area contributed by atoms with E-state index in [9.17, 15) is 9.59 Å². The minimum atomic E-state index is -0.492. The highest BCUT2D eigenvalue weighted by Crippen LogP contribution is 2.25. The summed E-state index contributed by atoms with van der Waals surface area (Å²) in [5.74, 6) is 0.818. The summed E-state index contributed by atoms with van der Waals surface area (Å²) in [6, 6.07) is 13.6. The fourth-order valence-corrected chi connectivity index (χ4v) is 2.01. The number of nitrogens with one attached hydrogen (secondary N) is 1. The summed E-state index contributed by atoms with van der Waals surface area (Å²) in [5.41, 5.74) is 0.883. The molecule has 0 aliphatic rings. The van der Waals surface area contributed by atoms with Crippen LogP contribution in [0.4, 0.5) is 5.69 Å². The minimum Gasteiger partial charge on any atom is -0.493 e. The summed E-state index contributed by atoms with van der Waals surface area (Å²) >= 11 is 0. The lowest BCUT2D eigenvalue weighted by atomic mass is 10.2. The average molecular weight is 341 g/mol. The van der Waals surface area contributed by atoms with Gasteiger partial charge in [-0.05, 0) is 42.3 Å². The Morgan fingerprint density at radius 3 is 2.36 bits per heavy atom. The Hall–Kier alpha value is -2.82. The third kappa shape index (κ3) is 5.64. The van der Waals surface area contributed by atoms with E-state index in [2.05, 4.69) is 19.2 Å². The molecule has 0 aliphatic carbocycles. The van der Waals surface area contributed by atoms with Gasteiger partial charge in [-0.1, -0.05) is 32.9 Å². The van der Waals surface area contributed by atoms with Gasteiger partial charge in [0.15, 0.2) is 5.75 Å². The molecule has 0 atom stereocenters. The molecular weight excluding hydrogens is 318 g/mol. The Kier molecular flexibility index (Phi) is 6.57. The van der Waals surface area contributed by atoms with E-state index in [1.165, 1.54) is 0 Å². The van der Waals surface area contributed by atoms with E-state index in [1.807, 2.05) is 0 Å². The highest BCUT2D eigenvalue weighted by atomic mass is 16.5. The highest BCUT2D eigenvalue weighted by Gasteiger charge is 2.13. The van der Waals surface area contributed by atoms with Crippen molar-refractivity contribution in [3.8, 4) is 11.5 Å². The zero-order valence-corrected chi connectivity index (χ0v) is 14.7. The number of amides is 1. The zero-order valence-electron chi connectivity index (χ0n) is 14.7. The van der Waals surface area contributed by atoms with Crippen molar-refractivity contribution in [1.29, 1.82) is 0 Å². The van der Waals surface area contributed by atoms with Crippen LogP contribution in [0.3, 0.4) is 0 Å². The van der Waals surface area contributed by atoms with Gasteiger partial charge in [-0.15, -0.1) is 0 Å². The zero-order chi connectivity index (χ0) is 18.2. The number of carbonyl (C=O) groups is 2. The fraction of sp³-hybridized carbons (Fsp3) is 0.300. The molecule has 0 saturated carbocycles. The van der Waals surface area contributed by atoms with E-state index < -0.39 is 5.97 Å². The van der Waals surface area contributed by atoms with Crippen LogP contribution in [0.25, 0.3) is 0 Å². The fourth-order valence-electron chi connectivity index (χ4n) is 2.01. The summed E-state index contributed by atoms with van der Waals surface area (Å²) in [4.78, 5) is 23.9. The summed E-state index contributed by atoms with van der Waals surface area (Å²) in [6.07, 6.45) is 0.347. The molecule has 1 amide bonds. The van der Waals surface area contributed by atoms with Crippen molar-refractivity contribution < 1.29 is 19.1 Å². The maximum atomic E-state index is 12.3. The second-order valence-electron chi connectivity index (χ2n) is 6.02. The number of rotatable bonds is 7. The summed E-state index contributed by atoms with van der Waals surface area (Å²) in [6.45, 7) is 6.52. The van der Waals surface area contributed by atoms with Crippen LogP contribution in [0.2, 0.25) is 0 Å². The van der Waals surface area contributed by atoms with Crippen LogP contribution in [-0.4, -0.2) is 18.5 Å². The smallest absolute Gasteiger partial charge is 0.343 e. The monoisotopic (exact) mass is 341 g/mol. The number of hydrogen-bond acceptors (Lipinski definition) is 4. The van der Waals surface area contributed by atoms with E-state index in [-0.39, 0.29) is 5.91 Å². The van der Waals surface area contributed by atoms with Crippen molar-refractivity contribution >= 4 is 17.6 Å². The molecule has 5 nitrogen and oxygen atoms in total. The van der Waals surface area contributed by atoms with Crippen LogP contribution >= 0.6 is 0 Å². The van der Waals surface area contributed by atoms with Crippen molar-refractivity contribution in [2.75, 3.05) is 11.9 Å². The molecule has 0 aliphatic heterocycles. The summed E-state index contributed by atoms with van der Waals surface area (Å²) < 4.78 is 11.0. The molecule has 0 unspecified atom stereocenters. The van der Waals surface area contributed by atoms with Crippen molar-refractivity contribution in [2.45, 2.75) is 27.2 Å². The van der Waals surface area contributed by atoms with Crippen LogP contribution in [-0.2, 0) is 4.79 Å². The first kappa shape index (κ1) is 18.5. The second kappa shape index (κ2) is 8.87. The molecule has 0 heterocycles. The topological polar surface area (TPSA) is 64.6 Å². The van der Waals surface area contributed by atoms with E-state index in [0.717, 1.165) is 0 Å². The van der Waals surface area contributed by atoms with Crippen LogP contribution in [0.1, 0.15) is 37.6 Å². The molecule has 2 aromatic rings. The molecule has 0 spiro atoms. The van der Waals surface area contributed by atoms with Gasteiger partial charge in [0.25, 0.3) is 0 Å². The summed E-state index contributed by atoms with van der Waals surface area (Å²) in [7, 11) is 0. The lowest BCUT2D eigenvalue weighted by Gasteiger charge is -2.11. The standard InChI is InChI=1S/C20H23NO4/c1-4-19(22)21-17-7-5-6-8-18(17)25-20(23)15-9-11-16(12-10-15)24-13-14(2)3/h5-12,14H,4,13H2,1-3H3,(H,21,22). The van der Waals surface area contributed by atoms with Gasteiger partial charge in [-0.25, -0.2) is 4.79 Å². The van der Waals surface area contributed by atoms with Gasteiger partial charge in [0.1, 0.15) is 5.75 Å². The first-order valence-electron chi connectivity index (χ1n) is 8.33. The van der Waals surface area contributed by atoms with Crippen molar-refractivity contribution in [1.82, 2.24) is 0 Å². The normalized spacial score (nSPS) is 10.4. The number of benzene rings is 2. The maximum Gasteiger partial charge on any atom is 0.343 e. The quantitative estimate of drug-likeness (QED) is 0.603. The van der Waals surface area contributed by atoms with Gasteiger partial charge in [-0.2, -0.15) is 0 Å². The Morgan fingerprint density at radius 1 is 1.04 bits per heavy atom. The third-order valence-electron chi connectivity index (χ3n) is 3.36. The molecule has 2 aromatic carbocycles. The molecule has 2 rings (SSSR count). The van der Waals surface area contributed by atoms with Crippen LogP contribution in [0.15, 0.2) is 48.5 Å². The SMILES string of the molecule is CCC(=O)Nc1ccccc1OC(=O)c1ccc(OCC(C)C)cc1. The maximum absolute atomic E-state index is 12.3. The van der Waals surface area contributed by atoms with E-state index in [4.69, 9.17) is 9.47 Å². The lowest BCUT2D eigenvalue weighted by Crippen LogP contribution is -2.13. The van der Waals surface area contributed by atoms with Gasteiger partial charge < -0.3 is 14.8 Å². The number of ether oxygens (including phenoxy) is 2. The second-order valence-corrected chi connectivity index (χ2v) is 6.02. The number of para-hydroxylation sites is 2. The molecule has 25 heavy (non-hydrogen) atoms. The van der Waals surface area contributed by atoms with E-state index >= 15 is 0 Å². The molecule has 5 heteroatoms. The first-order valence-corrected chi connectivity index (χ1v) is 8.33. The van der Waals surface area contributed by atoms with Gasteiger partial charge in [0.05, 0.1) is 17.9 Å². The van der Waals surface area contributed by atoms with Gasteiger partial charge in [0, 0.05) is 6.42 Å². The molecule has 0 radical (unpaired) electrons. The minimum absolute atomic E-state index is 0.143. The lowest BCUT2D eigenvalue weighted by molar-refractivity contribution is -0.115. The van der Waals surface area contributed by atoms with Crippen molar-refractivity contribution in [3.05, 3.63) is 54.1 Å². The van der Waals surface area contributed by atoms with Gasteiger partial charge in [0.2, 0.25) is 5.91 Å². The van der Waals surface area contributed by atoms with Crippen LogP contribution < -0.4 is 14.8 Å². The van der Waals surface area contributed by atoms with Crippen molar-refractivity contribution in [3.63, 3.8) is 0 Å². The number of anilines is 1. The molecule has 1 N–H and O–H groups in total. The molecular formula is C20H23NO4. The van der Waals surface area contributed by atoms with Crippen LogP contribution in [0, 0.1) is 5.92 Å². The number of hydrogen-bond donors (Lipinski definition) is 1. The molecule has 132 valence electrons.